The highest BCUT2D eigenvalue weighted by Gasteiger charge is 2.12. The van der Waals surface area contributed by atoms with Crippen molar-refractivity contribution < 1.29 is 9.16 Å². The molecule has 0 saturated carbocycles. The van der Waals surface area contributed by atoms with Gasteiger partial charge in [-0.2, -0.15) is 0 Å². The van der Waals surface area contributed by atoms with Gasteiger partial charge in [0.25, 0.3) is 0 Å². The average molecular weight is 204 g/mol. The smallest absolute Gasteiger partial charge is 0.183 e. The molecule has 0 aromatic rings. The molecule has 0 amide bonds. The van der Waals surface area contributed by atoms with Crippen LogP contribution in [0.4, 0.5) is 0 Å². The molecule has 0 rings (SSSR count). The highest BCUT2D eigenvalue weighted by Crippen LogP contribution is 2.01. The molecule has 0 fully saturated rings. The molecule has 2 nitrogen and oxygen atoms in total. The first-order chi connectivity index (χ1) is 6.06. The predicted octanol–water partition coefficient (Wildman–Crippen LogP) is 3.04. The fraction of sp³-hybridized carbons (Fsp3) is 1.00. The molecule has 0 atom stereocenters. The molecule has 80 valence electrons. The Kier molecular flexibility index (Phi) is 7.61. The Morgan fingerprint density at radius 1 is 0.923 bits per heavy atom. The molecule has 0 aromatic heterocycles. The van der Waals surface area contributed by atoms with E-state index in [1.54, 1.807) is 0 Å². The van der Waals surface area contributed by atoms with Crippen molar-refractivity contribution in [2.45, 2.75) is 45.8 Å². The molecule has 0 aliphatic heterocycles. The van der Waals surface area contributed by atoms with Gasteiger partial charge in [0.05, 0.1) is 13.2 Å². The van der Waals surface area contributed by atoms with Crippen molar-refractivity contribution in [2.24, 2.45) is 0 Å². The molecule has 0 saturated heterocycles. The Morgan fingerprint density at radius 3 is 2.15 bits per heavy atom. The maximum absolute atomic E-state index is 5.65. The van der Waals surface area contributed by atoms with Crippen LogP contribution >= 0.6 is 0 Å². The van der Waals surface area contributed by atoms with Crippen LogP contribution in [-0.2, 0) is 9.16 Å². The van der Waals surface area contributed by atoms with E-state index >= 15 is 0 Å². The molecule has 0 aromatic carbocycles. The van der Waals surface area contributed by atoms with Gasteiger partial charge in [0.1, 0.15) is 0 Å². The molecule has 0 aliphatic carbocycles. The van der Waals surface area contributed by atoms with E-state index in [4.69, 9.17) is 9.16 Å². The SMILES string of the molecule is CCCCCOCCO[Si](C)(C)C. The lowest BCUT2D eigenvalue weighted by Crippen LogP contribution is -2.27. The van der Waals surface area contributed by atoms with Crippen molar-refractivity contribution in [3.8, 4) is 0 Å². The van der Waals surface area contributed by atoms with E-state index < -0.39 is 8.32 Å². The van der Waals surface area contributed by atoms with Gasteiger partial charge in [-0.1, -0.05) is 19.8 Å². The van der Waals surface area contributed by atoms with Crippen molar-refractivity contribution in [1.82, 2.24) is 0 Å². The number of hydrogen-bond donors (Lipinski definition) is 0. The van der Waals surface area contributed by atoms with Gasteiger partial charge in [-0.3, -0.25) is 0 Å². The Morgan fingerprint density at radius 2 is 1.62 bits per heavy atom. The quantitative estimate of drug-likeness (QED) is 0.447. The van der Waals surface area contributed by atoms with Crippen LogP contribution in [0.15, 0.2) is 0 Å². The highest BCUT2D eigenvalue weighted by atomic mass is 28.4. The number of unbranched alkanes of at least 4 members (excludes halogenated alkanes) is 2. The van der Waals surface area contributed by atoms with Crippen molar-refractivity contribution in [3.05, 3.63) is 0 Å². The van der Waals surface area contributed by atoms with Gasteiger partial charge < -0.3 is 9.16 Å². The summed E-state index contributed by atoms with van der Waals surface area (Å²) in [5.74, 6) is 0. The average Bonchev–Trinajstić information content (AvgIpc) is 2.01. The molecule has 0 bridgehead atoms. The molecule has 0 aliphatic rings. The maximum atomic E-state index is 5.65. The van der Waals surface area contributed by atoms with Crippen molar-refractivity contribution >= 4 is 8.32 Å². The third-order valence-corrected chi connectivity index (χ3v) is 2.73. The van der Waals surface area contributed by atoms with Gasteiger partial charge >= 0.3 is 0 Å². The molecule has 13 heavy (non-hydrogen) atoms. The van der Waals surface area contributed by atoms with Crippen LogP contribution in [0.3, 0.4) is 0 Å². The number of ether oxygens (including phenoxy) is 1. The zero-order chi connectivity index (χ0) is 10.2. The second-order valence-electron chi connectivity index (χ2n) is 4.28. The fourth-order valence-corrected chi connectivity index (χ4v) is 1.66. The first kappa shape index (κ1) is 13.1. The summed E-state index contributed by atoms with van der Waals surface area (Å²) in [4.78, 5) is 0. The molecule has 0 N–H and O–H groups in total. The summed E-state index contributed by atoms with van der Waals surface area (Å²) < 4.78 is 11.1. The second-order valence-corrected chi connectivity index (χ2v) is 8.79. The van der Waals surface area contributed by atoms with Gasteiger partial charge in [-0.25, -0.2) is 0 Å². The lowest BCUT2D eigenvalue weighted by Gasteiger charge is -2.16. The van der Waals surface area contributed by atoms with Gasteiger partial charge in [0.2, 0.25) is 0 Å². The van der Waals surface area contributed by atoms with Crippen LogP contribution in [0.2, 0.25) is 19.6 Å². The summed E-state index contributed by atoms with van der Waals surface area (Å²) in [5.41, 5.74) is 0. The maximum Gasteiger partial charge on any atom is 0.183 e. The first-order valence-electron chi connectivity index (χ1n) is 5.28. The second kappa shape index (κ2) is 7.53. The van der Waals surface area contributed by atoms with E-state index in [2.05, 4.69) is 26.6 Å². The van der Waals surface area contributed by atoms with E-state index in [9.17, 15) is 0 Å². The van der Waals surface area contributed by atoms with Gasteiger partial charge in [0, 0.05) is 6.61 Å². The summed E-state index contributed by atoms with van der Waals surface area (Å²) in [7, 11) is -1.31. The minimum absolute atomic E-state index is 0.758. The zero-order valence-electron chi connectivity index (χ0n) is 9.56. The lowest BCUT2D eigenvalue weighted by molar-refractivity contribution is 0.0952. The normalized spacial score (nSPS) is 12.0. The molecule has 0 spiro atoms. The Hall–Kier alpha value is 0.137. The molecular weight excluding hydrogens is 180 g/mol. The van der Waals surface area contributed by atoms with Crippen LogP contribution in [0.1, 0.15) is 26.2 Å². The van der Waals surface area contributed by atoms with Crippen molar-refractivity contribution in [1.29, 1.82) is 0 Å². The summed E-state index contributed by atoms with van der Waals surface area (Å²) in [6.07, 6.45) is 3.72. The third kappa shape index (κ3) is 12.1. The van der Waals surface area contributed by atoms with Gasteiger partial charge in [-0.15, -0.1) is 0 Å². The van der Waals surface area contributed by atoms with Gasteiger partial charge in [-0.05, 0) is 26.1 Å². The molecule has 0 radical (unpaired) electrons. The van der Waals surface area contributed by atoms with Crippen LogP contribution in [0.25, 0.3) is 0 Å². The summed E-state index contributed by atoms with van der Waals surface area (Å²) in [6.45, 7) is 11.2. The first-order valence-corrected chi connectivity index (χ1v) is 8.69. The zero-order valence-corrected chi connectivity index (χ0v) is 10.6. The summed E-state index contributed by atoms with van der Waals surface area (Å²) in [6, 6.07) is 0. The molecular formula is C10H24O2Si. The molecule has 0 heterocycles. The molecule has 0 unspecified atom stereocenters. The lowest BCUT2D eigenvalue weighted by atomic mass is 10.3. The van der Waals surface area contributed by atoms with Crippen LogP contribution in [0, 0.1) is 0 Å². The Balaban J connectivity index is 3.00. The van der Waals surface area contributed by atoms with E-state index in [1.807, 2.05) is 0 Å². The minimum atomic E-state index is -1.31. The van der Waals surface area contributed by atoms with Crippen LogP contribution in [-0.4, -0.2) is 28.1 Å². The minimum Gasteiger partial charge on any atom is -0.415 e. The Labute approximate surface area is 83.8 Å². The van der Waals surface area contributed by atoms with Crippen LogP contribution in [0.5, 0.6) is 0 Å². The highest BCUT2D eigenvalue weighted by molar-refractivity contribution is 6.69. The fourth-order valence-electron chi connectivity index (χ4n) is 0.963. The van der Waals surface area contributed by atoms with E-state index in [0.717, 1.165) is 19.8 Å². The van der Waals surface area contributed by atoms with Crippen molar-refractivity contribution in [2.75, 3.05) is 19.8 Å². The standard InChI is InChI=1S/C10H24O2Si/c1-5-6-7-8-11-9-10-12-13(2,3)4/h5-10H2,1-4H3. The predicted molar refractivity (Wildman–Crippen MR) is 59.6 cm³/mol. The van der Waals surface area contributed by atoms with Crippen LogP contribution < -0.4 is 0 Å². The third-order valence-electron chi connectivity index (χ3n) is 1.65. The largest absolute Gasteiger partial charge is 0.415 e. The van der Waals surface area contributed by atoms with Crippen molar-refractivity contribution in [3.63, 3.8) is 0 Å². The number of rotatable bonds is 8. The monoisotopic (exact) mass is 204 g/mol. The van der Waals surface area contributed by atoms with Gasteiger partial charge in [0.15, 0.2) is 8.32 Å². The van der Waals surface area contributed by atoms with E-state index in [1.165, 1.54) is 19.3 Å². The van der Waals surface area contributed by atoms with E-state index in [0.29, 0.717) is 0 Å². The summed E-state index contributed by atoms with van der Waals surface area (Å²) in [5, 5.41) is 0. The molecule has 3 heteroatoms. The number of hydrogen-bond acceptors (Lipinski definition) is 2. The summed E-state index contributed by atoms with van der Waals surface area (Å²) >= 11 is 0. The topological polar surface area (TPSA) is 18.5 Å². The Bertz CT molecular complexity index is 110. The van der Waals surface area contributed by atoms with E-state index in [-0.39, 0.29) is 0 Å².